The number of hydrogen-bond acceptors (Lipinski definition) is 6. The van der Waals surface area contributed by atoms with Crippen molar-refractivity contribution in [3.63, 3.8) is 0 Å². The normalized spacial score (nSPS) is 29.4. The van der Waals surface area contributed by atoms with Crippen LogP contribution in [-0.4, -0.2) is 66.9 Å². The van der Waals surface area contributed by atoms with Crippen LogP contribution in [0, 0.1) is 0 Å². The smallest absolute Gasteiger partial charge is 0.407 e. The molecule has 0 aromatic heterocycles. The van der Waals surface area contributed by atoms with Gasteiger partial charge in [0.05, 0.1) is 6.17 Å². The average molecular weight is 327 g/mol. The van der Waals surface area contributed by atoms with Crippen LogP contribution in [0.3, 0.4) is 0 Å². The first-order chi connectivity index (χ1) is 10.7. The van der Waals surface area contributed by atoms with Crippen molar-refractivity contribution in [1.29, 1.82) is 0 Å². The molecule has 2 fully saturated rings. The lowest BCUT2D eigenvalue weighted by atomic mass is 9.93. The van der Waals surface area contributed by atoms with Crippen molar-refractivity contribution in [2.24, 2.45) is 5.73 Å². The van der Waals surface area contributed by atoms with Crippen LogP contribution in [0.2, 0.25) is 0 Å². The van der Waals surface area contributed by atoms with Crippen LogP contribution in [0.4, 0.5) is 4.79 Å². The number of nitrogens with zero attached hydrogens (tertiary/aromatic N) is 1. The van der Waals surface area contributed by atoms with E-state index in [4.69, 9.17) is 10.5 Å². The number of ether oxygens (including phenoxy) is 1. The summed E-state index contributed by atoms with van der Waals surface area (Å²) in [5.41, 5.74) is 5.47. The maximum absolute atomic E-state index is 11.8. The van der Waals surface area contributed by atoms with Crippen LogP contribution in [0.5, 0.6) is 0 Å². The molecule has 3 atom stereocenters. The Balaban J connectivity index is 1.54. The van der Waals surface area contributed by atoms with Gasteiger partial charge in [-0.2, -0.15) is 0 Å². The monoisotopic (exact) mass is 327 g/mol. The van der Waals surface area contributed by atoms with Gasteiger partial charge in [0.15, 0.2) is 0 Å². The largest absolute Gasteiger partial charge is 0.444 e. The molecule has 8 nitrogen and oxygen atoms in total. The maximum Gasteiger partial charge on any atom is 0.407 e. The Morgan fingerprint density at radius 1 is 1.35 bits per heavy atom. The molecule has 23 heavy (non-hydrogen) atoms. The summed E-state index contributed by atoms with van der Waals surface area (Å²) in [4.78, 5) is 25.6. The average Bonchev–Trinajstić information content (AvgIpc) is 3.17. The summed E-state index contributed by atoms with van der Waals surface area (Å²) in [6.45, 7) is 8.78. The number of nitrogens with one attached hydrogen (secondary N) is 3. The van der Waals surface area contributed by atoms with Gasteiger partial charge in [0.25, 0.3) is 0 Å². The SMILES string of the molecule is CC(C)(C)OC(=O)NCCNC(=O)CCC1(N)CNC2CN2C1. The van der Waals surface area contributed by atoms with E-state index < -0.39 is 11.7 Å². The number of amides is 2. The summed E-state index contributed by atoms with van der Waals surface area (Å²) in [6, 6.07) is 0. The number of rotatable bonds is 6. The second kappa shape index (κ2) is 7.02. The van der Waals surface area contributed by atoms with Gasteiger partial charge in [-0.25, -0.2) is 4.79 Å². The Morgan fingerprint density at radius 3 is 2.70 bits per heavy atom. The Kier molecular flexibility index (Phi) is 5.49. The lowest BCUT2D eigenvalue weighted by Gasteiger charge is -2.34. The van der Waals surface area contributed by atoms with E-state index in [1.54, 1.807) is 20.8 Å². The van der Waals surface area contributed by atoms with Crippen LogP contribution in [0.15, 0.2) is 0 Å². The zero-order valence-electron chi connectivity index (χ0n) is 14.3. The van der Waals surface area contributed by atoms with Crippen molar-refractivity contribution in [2.45, 2.75) is 50.9 Å². The molecule has 132 valence electrons. The van der Waals surface area contributed by atoms with E-state index in [0.717, 1.165) is 19.6 Å². The zero-order valence-corrected chi connectivity index (χ0v) is 14.3. The van der Waals surface area contributed by atoms with Crippen LogP contribution >= 0.6 is 0 Å². The fraction of sp³-hybridized carbons (Fsp3) is 0.867. The van der Waals surface area contributed by atoms with Gasteiger partial charge in [0, 0.05) is 44.7 Å². The fourth-order valence-electron chi connectivity index (χ4n) is 2.62. The van der Waals surface area contributed by atoms with E-state index in [-0.39, 0.29) is 11.4 Å². The maximum atomic E-state index is 11.8. The highest BCUT2D eigenvalue weighted by Crippen LogP contribution is 2.25. The number of hydrogen-bond donors (Lipinski definition) is 4. The van der Waals surface area contributed by atoms with Crippen LogP contribution in [0.1, 0.15) is 33.6 Å². The topological polar surface area (TPSA) is 108 Å². The summed E-state index contributed by atoms with van der Waals surface area (Å²) in [5, 5.41) is 8.74. The van der Waals surface area contributed by atoms with Gasteiger partial charge < -0.3 is 21.1 Å². The minimum atomic E-state index is -0.520. The van der Waals surface area contributed by atoms with Gasteiger partial charge in [0.1, 0.15) is 5.60 Å². The molecule has 0 spiro atoms. The third kappa shape index (κ3) is 6.32. The van der Waals surface area contributed by atoms with Gasteiger partial charge in [-0.05, 0) is 27.2 Å². The highest BCUT2D eigenvalue weighted by Gasteiger charge is 2.44. The van der Waals surface area contributed by atoms with Crippen molar-refractivity contribution in [1.82, 2.24) is 20.9 Å². The van der Waals surface area contributed by atoms with Crippen molar-refractivity contribution in [3.8, 4) is 0 Å². The summed E-state index contributed by atoms with van der Waals surface area (Å²) in [7, 11) is 0. The highest BCUT2D eigenvalue weighted by atomic mass is 16.6. The highest BCUT2D eigenvalue weighted by molar-refractivity contribution is 5.76. The molecule has 2 amide bonds. The van der Waals surface area contributed by atoms with Gasteiger partial charge in [-0.15, -0.1) is 0 Å². The first-order valence-electron chi connectivity index (χ1n) is 8.17. The lowest BCUT2D eigenvalue weighted by molar-refractivity contribution is -0.121. The molecular formula is C15H29N5O3. The Bertz CT molecular complexity index is 451. The van der Waals surface area contributed by atoms with E-state index >= 15 is 0 Å². The molecule has 0 bridgehead atoms. The summed E-state index contributed by atoms with van der Waals surface area (Å²) >= 11 is 0. The molecule has 2 heterocycles. The Hall–Kier alpha value is -1.38. The standard InChI is InChI=1S/C15H29N5O3/c1-14(2,3)23-13(22)18-7-6-17-12(21)4-5-15(16)9-19-11-8-20(11)10-15/h11,19H,4-10,16H2,1-3H3,(H,17,21)(H,18,22). The Morgan fingerprint density at radius 2 is 2.04 bits per heavy atom. The van der Waals surface area contributed by atoms with E-state index in [0.29, 0.717) is 32.1 Å². The molecule has 2 saturated heterocycles. The van der Waals surface area contributed by atoms with Gasteiger partial charge in [-0.3, -0.25) is 15.0 Å². The second-order valence-electron chi connectivity index (χ2n) is 7.47. The third-order valence-electron chi connectivity index (χ3n) is 3.89. The molecule has 0 aromatic rings. The fourth-order valence-corrected chi connectivity index (χ4v) is 2.62. The summed E-state index contributed by atoms with van der Waals surface area (Å²) in [5.74, 6) is -0.0475. The first kappa shape index (κ1) is 18.0. The van der Waals surface area contributed by atoms with Crippen LogP contribution in [-0.2, 0) is 9.53 Å². The van der Waals surface area contributed by atoms with Crippen molar-refractivity contribution >= 4 is 12.0 Å². The summed E-state index contributed by atoms with van der Waals surface area (Å²) in [6.07, 6.45) is 1.06. The molecule has 0 aromatic carbocycles. The third-order valence-corrected chi connectivity index (χ3v) is 3.89. The molecule has 0 radical (unpaired) electrons. The molecule has 0 saturated carbocycles. The number of alkyl carbamates (subject to hydrolysis) is 1. The van der Waals surface area contributed by atoms with Gasteiger partial charge >= 0.3 is 6.09 Å². The minimum absolute atomic E-state index is 0.0475. The van der Waals surface area contributed by atoms with E-state index in [1.807, 2.05) is 0 Å². The van der Waals surface area contributed by atoms with Crippen LogP contribution < -0.4 is 21.7 Å². The molecule has 2 rings (SSSR count). The summed E-state index contributed by atoms with van der Waals surface area (Å²) < 4.78 is 5.11. The number of nitrogens with two attached hydrogens (primary N) is 1. The van der Waals surface area contributed by atoms with Crippen LogP contribution in [0.25, 0.3) is 0 Å². The number of carbonyl (C=O) groups excluding carboxylic acids is 2. The van der Waals surface area contributed by atoms with Gasteiger partial charge in [-0.1, -0.05) is 0 Å². The quantitative estimate of drug-likeness (QED) is 0.381. The van der Waals surface area contributed by atoms with Crippen molar-refractivity contribution < 1.29 is 14.3 Å². The first-order valence-corrected chi connectivity index (χ1v) is 8.17. The van der Waals surface area contributed by atoms with Crippen molar-refractivity contribution in [3.05, 3.63) is 0 Å². The van der Waals surface area contributed by atoms with E-state index in [1.165, 1.54) is 0 Å². The molecule has 8 heteroatoms. The molecular weight excluding hydrogens is 298 g/mol. The number of fused-ring (bicyclic) bond motifs is 1. The minimum Gasteiger partial charge on any atom is -0.444 e. The second-order valence-corrected chi connectivity index (χ2v) is 7.47. The molecule has 2 aliphatic rings. The number of carbonyl (C=O) groups is 2. The van der Waals surface area contributed by atoms with E-state index in [2.05, 4.69) is 20.9 Å². The molecule has 2 aliphatic heterocycles. The zero-order chi connectivity index (χ0) is 17.1. The van der Waals surface area contributed by atoms with Crippen molar-refractivity contribution in [2.75, 3.05) is 32.7 Å². The molecule has 5 N–H and O–H groups in total. The Labute approximate surface area is 137 Å². The van der Waals surface area contributed by atoms with E-state index in [9.17, 15) is 9.59 Å². The van der Waals surface area contributed by atoms with Gasteiger partial charge in [0.2, 0.25) is 5.91 Å². The predicted molar refractivity (Wildman–Crippen MR) is 86.8 cm³/mol. The predicted octanol–water partition coefficient (Wildman–Crippen LogP) is -0.650. The molecule has 3 unspecified atom stereocenters. The lowest BCUT2D eigenvalue weighted by Crippen LogP contribution is -2.58. The molecule has 0 aliphatic carbocycles.